The molecular weight excluding hydrogens is 212 g/mol. The summed E-state index contributed by atoms with van der Waals surface area (Å²) in [5.41, 5.74) is 3.18. The number of rotatable bonds is 1. The molecule has 2 aliphatic heterocycles. The van der Waals surface area contributed by atoms with Crippen molar-refractivity contribution in [3.8, 4) is 0 Å². The Labute approximate surface area is 102 Å². The van der Waals surface area contributed by atoms with Crippen molar-refractivity contribution in [2.75, 3.05) is 13.1 Å². The lowest BCUT2D eigenvalue weighted by Gasteiger charge is -2.28. The lowest BCUT2D eigenvalue weighted by molar-refractivity contribution is 0.0715. The van der Waals surface area contributed by atoms with Gasteiger partial charge in [-0.25, -0.2) is 0 Å². The molecule has 0 radical (unpaired) electrons. The van der Waals surface area contributed by atoms with E-state index < -0.39 is 0 Å². The van der Waals surface area contributed by atoms with Gasteiger partial charge in [0.25, 0.3) is 5.91 Å². The fourth-order valence-corrected chi connectivity index (χ4v) is 2.95. The fourth-order valence-electron chi connectivity index (χ4n) is 2.95. The van der Waals surface area contributed by atoms with Crippen LogP contribution in [0.25, 0.3) is 0 Å². The zero-order valence-corrected chi connectivity index (χ0v) is 10.4. The molecule has 2 unspecified atom stereocenters. The van der Waals surface area contributed by atoms with E-state index in [0.29, 0.717) is 12.1 Å². The molecule has 17 heavy (non-hydrogen) atoms. The SMILES string of the molecule is Cc1cccc(C(=O)N2CC3CC2CN3)c1C. The van der Waals surface area contributed by atoms with Crippen molar-refractivity contribution in [2.45, 2.75) is 32.4 Å². The second-order valence-corrected chi connectivity index (χ2v) is 5.20. The van der Waals surface area contributed by atoms with E-state index in [1.807, 2.05) is 24.0 Å². The molecule has 1 amide bonds. The Morgan fingerprint density at radius 2 is 2.24 bits per heavy atom. The Balaban J connectivity index is 1.89. The van der Waals surface area contributed by atoms with Crippen molar-refractivity contribution < 1.29 is 4.79 Å². The van der Waals surface area contributed by atoms with Crippen LogP contribution in [-0.2, 0) is 0 Å². The van der Waals surface area contributed by atoms with Crippen LogP contribution in [0.15, 0.2) is 18.2 Å². The van der Waals surface area contributed by atoms with Gasteiger partial charge in [0.15, 0.2) is 0 Å². The van der Waals surface area contributed by atoms with E-state index in [9.17, 15) is 4.79 Å². The van der Waals surface area contributed by atoms with Crippen LogP contribution in [0.4, 0.5) is 0 Å². The molecule has 2 aliphatic rings. The summed E-state index contributed by atoms with van der Waals surface area (Å²) in [5.74, 6) is 0.209. The number of piperazine rings is 1. The Morgan fingerprint density at radius 1 is 1.41 bits per heavy atom. The molecule has 1 aromatic carbocycles. The highest BCUT2D eigenvalue weighted by molar-refractivity contribution is 5.96. The van der Waals surface area contributed by atoms with Crippen molar-refractivity contribution in [3.63, 3.8) is 0 Å². The van der Waals surface area contributed by atoms with E-state index in [1.54, 1.807) is 0 Å². The van der Waals surface area contributed by atoms with E-state index in [0.717, 1.165) is 30.6 Å². The highest BCUT2D eigenvalue weighted by Crippen LogP contribution is 2.26. The Hall–Kier alpha value is -1.35. The molecule has 2 saturated heterocycles. The first kappa shape index (κ1) is 10.8. The number of carbonyl (C=O) groups excluding carboxylic acids is 1. The lowest BCUT2D eigenvalue weighted by Crippen LogP contribution is -2.46. The van der Waals surface area contributed by atoms with Crippen LogP contribution in [0.3, 0.4) is 0 Å². The first-order chi connectivity index (χ1) is 8.16. The van der Waals surface area contributed by atoms with E-state index in [1.165, 1.54) is 5.56 Å². The smallest absolute Gasteiger partial charge is 0.254 e. The number of nitrogens with zero attached hydrogens (tertiary/aromatic N) is 1. The molecule has 1 aromatic rings. The van der Waals surface area contributed by atoms with Crippen molar-refractivity contribution in [1.82, 2.24) is 10.2 Å². The van der Waals surface area contributed by atoms with Gasteiger partial charge in [0.05, 0.1) is 0 Å². The molecule has 3 nitrogen and oxygen atoms in total. The lowest BCUT2D eigenvalue weighted by atomic mass is 10.0. The van der Waals surface area contributed by atoms with Crippen LogP contribution in [-0.4, -0.2) is 36.0 Å². The summed E-state index contributed by atoms with van der Waals surface area (Å²) in [6, 6.07) is 6.91. The van der Waals surface area contributed by atoms with Crippen LogP contribution in [0.5, 0.6) is 0 Å². The predicted molar refractivity (Wildman–Crippen MR) is 67.1 cm³/mol. The third-order valence-electron chi connectivity index (χ3n) is 4.15. The topological polar surface area (TPSA) is 32.3 Å². The standard InChI is InChI=1S/C14H18N2O/c1-9-4-3-5-13(10(9)2)14(17)16-8-11-6-12(16)7-15-11/h3-5,11-12,15H,6-8H2,1-2H3. The maximum Gasteiger partial charge on any atom is 0.254 e. The average molecular weight is 230 g/mol. The molecular formula is C14H18N2O. The first-order valence-electron chi connectivity index (χ1n) is 6.27. The molecule has 2 bridgehead atoms. The van der Waals surface area contributed by atoms with Crippen LogP contribution in [0.1, 0.15) is 27.9 Å². The second-order valence-electron chi connectivity index (χ2n) is 5.20. The fraction of sp³-hybridized carbons (Fsp3) is 0.500. The molecule has 1 N–H and O–H groups in total. The molecule has 0 spiro atoms. The molecule has 90 valence electrons. The van der Waals surface area contributed by atoms with Crippen molar-refractivity contribution >= 4 is 5.91 Å². The minimum Gasteiger partial charge on any atom is -0.333 e. The van der Waals surface area contributed by atoms with Gasteiger partial charge in [-0.1, -0.05) is 12.1 Å². The Bertz CT molecular complexity index is 469. The van der Waals surface area contributed by atoms with Crippen LogP contribution in [0.2, 0.25) is 0 Å². The number of likely N-dealkylation sites (tertiary alicyclic amines) is 1. The number of benzene rings is 1. The van der Waals surface area contributed by atoms with Gasteiger partial charge in [-0.2, -0.15) is 0 Å². The zero-order chi connectivity index (χ0) is 12.0. The number of hydrogen-bond acceptors (Lipinski definition) is 2. The highest BCUT2D eigenvalue weighted by atomic mass is 16.2. The van der Waals surface area contributed by atoms with Gasteiger partial charge >= 0.3 is 0 Å². The summed E-state index contributed by atoms with van der Waals surface area (Å²) in [6.07, 6.45) is 1.12. The number of carbonyl (C=O) groups is 1. The third-order valence-corrected chi connectivity index (χ3v) is 4.15. The monoisotopic (exact) mass is 230 g/mol. The number of amides is 1. The third kappa shape index (κ3) is 1.65. The number of nitrogens with one attached hydrogen (secondary N) is 1. The van der Waals surface area contributed by atoms with Gasteiger partial charge in [0.1, 0.15) is 0 Å². The quantitative estimate of drug-likeness (QED) is 0.792. The predicted octanol–water partition coefficient (Wildman–Crippen LogP) is 1.49. The van der Waals surface area contributed by atoms with Gasteiger partial charge in [-0.3, -0.25) is 4.79 Å². The van der Waals surface area contributed by atoms with Crippen LogP contribution in [0, 0.1) is 13.8 Å². The summed E-state index contributed by atoms with van der Waals surface area (Å²) < 4.78 is 0. The Morgan fingerprint density at radius 3 is 2.88 bits per heavy atom. The summed E-state index contributed by atoms with van der Waals surface area (Å²) >= 11 is 0. The van der Waals surface area contributed by atoms with Crippen molar-refractivity contribution in [1.29, 1.82) is 0 Å². The molecule has 3 heteroatoms. The van der Waals surface area contributed by atoms with Gasteiger partial charge in [-0.05, 0) is 37.5 Å². The zero-order valence-electron chi connectivity index (χ0n) is 10.4. The number of hydrogen-bond donors (Lipinski definition) is 1. The molecule has 3 rings (SSSR count). The van der Waals surface area contributed by atoms with E-state index in [4.69, 9.17) is 0 Å². The first-order valence-corrected chi connectivity index (χ1v) is 6.27. The van der Waals surface area contributed by atoms with E-state index >= 15 is 0 Å². The summed E-state index contributed by atoms with van der Waals surface area (Å²) in [5, 5.41) is 3.42. The average Bonchev–Trinajstić information content (AvgIpc) is 2.94. The van der Waals surface area contributed by atoms with Gasteiger partial charge in [-0.15, -0.1) is 0 Å². The summed E-state index contributed by atoms with van der Waals surface area (Å²) in [6.45, 7) is 5.93. The van der Waals surface area contributed by atoms with Crippen molar-refractivity contribution in [3.05, 3.63) is 34.9 Å². The largest absolute Gasteiger partial charge is 0.333 e. The normalized spacial score (nSPS) is 26.6. The van der Waals surface area contributed by atoms with E-state index in [2.05, 4.69) is 18.3 Å². The van der Waals surface area contributed by atoms with Crippen LogP contribution >= 0.6 is 0 Å². The number of aryl methyl sites for hydroxylation is 1. The summed E-state index contributed by atoms with van der Waals surface area (Å²) in [4.78, 5) is 14.6. The Kier molecular flexibility index (Phi) is 2.44. The number of fused-ring (bicyclic) bond motifs is 2. The minimum atomic E-state index is 0.209. The maximum atomic E-state index is 12.5. The van der Waals surface area contributed by atoms with Crippen LogP contribution < -0.4 is 5.32 Å². The molecule has 2 heterocycles. The molecule has 2 fully saturated rings. The van der Waals surface area contributed by atoms with E-state index in [-0.39, 0.29) is 5.91 Å². The molecule has 0 aromatic heterocycles. The molecule has 0 saturated carbocycles. The van der Waals surface area contributed by atoms with Gasteiger partial charge in [0.2, 0.25) is 0 Å². The highest BCUT2D eigenvalue weighted by Gasteiger charge is 2.40. The van der Waals surface area contributed by atoms with Gasteiger partial charge < -0.3 is 10.2 Å². The molecule has 0 aliphatic carbocycles. The second kappa shape index (κ2) is 3.84. The summed E-state index contributed by atoms with van der Waals surface area (Å²) in [7, 11) is 0. The molecule has 2 atom stereocenters. The van der Waals surface area contributed by atoms with Crippen molar-refractivity contribution in [2.24, 2.45) is 0 Å². The minimum absolute atomic E-state index is 0.209. The van der Waals surface area contributed by atoms with Gasteiger partial charge in [0, 0.05) is 30.7 Å². The maximum absolute atomic E-state index is 12.5.